The van der Waals surface area contributed by atoms with Crippen molar-refractivity contribution in [1.29, 1.82) is 0 Å². The zero-order valence-electron chi connectivity index (χ0n) is 17.1. The third-order valence-electron chi connectivity index (χ3n) is 4.38. The average molecular weight is 456 g/mol. The molecular formula is C20H21N7O2S2. The van der Waals surface area contributed by atoms with Crippen molar-refractivity contribution in [3.05, 3.63) is 53.2 Å². The second kappa shape index (κ2) is 9.84. The first kappa shape index (κ1) is 21.2. The van der Waals surface area contributed by atoms with Crippen LogP contribution in [-0.4, -0.2) is 53.5 Å². The molecule has 0 saturated carbocycles. The Bertz CT molecular complexity index is 1140. The number of hydrogen-bond acceptors (Lipinski definition) is 9. The van der Waals surface area contributed by atoms with E-state index in [0.717, 1.165) is 22.5 Å². The monoisotopic (exact) mass is 455 g/mol. The van der Waals surface area contributed by atoms with Crippen LogP contribution in [-0.2, 0) is 11.3 Å². The van der Waals surface area contributed by atoms with Crippen LogP contribution in [0.1, 0.15) is 24.8 Å². The quantitative estimate of drug-likeness (QED) is 0.353. The third-order valence-corrected chi connectivity index (χ3v) is 6.14. The van der Waals surface area contributed by atoms with Crippen molar-refractivity contribution in [2.24, 2.45) is 0 Å². The lowest BCUT2D eigenvalue weighted by atomic mass is 10.2. The fourth-order valence-corrected chi connectivity index (χ4v) is 4.39. The van der Waals surface area contributed by atoms with E-state index in [4.69, 9.17) is 4.42 Å². The molecule has 11 heteroatoms. The van der Waals surface area contributed by atoms with Gasteiger partial charge in [0.2, 0.25) is 17.0 Å². The minimum Gasteiger partial charge on any atom is -0.418 e. The Balaban J connectivity index is 1.41. The molecule has 0 unspecified atom stereocenters. The molecule has 0 radical (unpaired) electrons. The van der Waals surface area contributed by atoms with E-state index >= 15 is 0 Å². The number of rotatable bonds is 9. The number of aromatic nitrogens is 6. The van der Waals surface area contributed by atoms with Crippen molar-refractivity contribution < 1.29 is 9.21 Å². The van der Waals surface area contributed by atoms with E-state index in [1.807, 2.05) is 55.6 Å². The molecule has 1 aromatic carbocycles. The molecule has 31 heavy (non-hydrogen) atoms. The number of amides is 1. The lowest BCUT2D eigenvalue weighted by Crippen LogP contribution is -2.32. The van der Waals surface area contributed by atoms with Crippen LogP contribution in [0.5, 0.6) is 0 Å². The van der Waals surface area contributed by atoms with Gasteiger partial charge in [0.15, 0.2) is 0 Å². The van der Waals surface area contributed by atoms with Gasteiger partial charge in [-0.1, -0.05) is 36.9 Å². The van der Waals surface area contributed by atoms with Gasteiger partial charge >= 0.3 is 0 Å². The van der Waals surface area contributed by atoms with E-state index in [2.05, 4.69) is 25.7 Å². The smallest absolute Gasteiger partial charge is 0.257 e. The largest absolute Gasteiger partial charge is 0.418 e. The molecule has 160 valence electrons. The predicted molar refractivity (Wildman–Crippen MR) is 118 cm³/mol. The number of hydrogen-bond donors (Lipinski definition) is 0. The Labute approximate surface area is 187 Å². The molecule has 3 heterocycles. The molecule has 1 amide bonds. The topological polar surface area (TPSA) is 103 Å². The van der Waals surface area contributed by atoms with Crippen LogP contribution in [0.2, 0.25) is 0 Å². The zero-order valence-corrected chi connectivity index (χ0v) is 18.8. The van der Waals surface area contributed by atoms with Gasteiger partial charge in [-0.25, -0.2) is 0 Å². The summed E-state index contributed by atoms with van der Waals surface area (Å²) in [6.45, 7) is 4.90. The molecule has 4 aromatic rings. The molecule has 0 aliphatic rings. The molecule has 0 saturated heterocycles. The summed E-state index contributed by atoms with van der Waals surface area (Å²) < 4.78 is 7.38. The Morgan fingerprint density at radius 3 is 2.90 bits per heavy atom. The summed E-state index contributed by atoms with van der Waals surface area (Å²) in [6.07, 6.45) is 0.823. The molecular weight excluding hydrogens is 434 g/mol. The lowest BCUT2D eigenvalue weighted by Gasteiger charge is -2.19. The van der Waals surface area contributed by atoms with Crippen molar-refractivity contribution in [3.63, 3.8) is 0 Å². The van der Waals surface area contributed by atoms with Gasteiger partial charge in [-0.05, 0) is 52.9 Å². The van der Waals surface area contributed by atoms with Gasteiger partial charge in [-0.3, -0.25) is 4.79 Å². The van der Waals surface area contributed by atoms with E-state index in [-0.39, 0.29) is 18.2 Å². The number of nitrogens with zero attached hydrogens (tertiary/aromatic N) is 7. The fraction of sp³-hybridized carbons (Fsp3) is 0.300. The normalized spacial score (nSPS) is 11.0. The molecule has 9 nitrogen and oxygen atoms in total. The number of carbonyl (C=O) groups is 1. The third kappa shape index (κ3) is 5.17. The predicted octanol–water partition coefficient (Wildman–Crippen LogP) is 3.61. The van der Waals surface area contributed by atoms with Crippen LogP contribution in [0.4, 0.5) is 0 Å². The van der Waals surface area contributed by atoms with Gasteiger partial charge < -0.3 is 9.32 Å². The van der Waals surface area contributed by atoms with Crippen molar-refractivity contribution >= 4 is 29.0 Å². The Hall–Kier alpha value is -3.05. The van der Waals surface area contributed by atoms with Crippen LogP contribution in [0.15, 0.2) is 51.4 Å². The average Bonchev–Trinajstić information content (AvgIpc) is 3.53. The molecule has 3 aromatic heterocycles. The second-order valence-corrected chi connectivity index (χ2v) is 8.68. The fourth-order valence-electron chi connectivity index (χ4n) is 2.95. The molecule has 0 spiro atoms. The van der Waals surface area contributed by atoms with Crippen molar-refractivity contribution in [1.82, 2.24) is 35.3 Å². The minimum absolute atomic E-state index is 0.0403. The van der Waals surface area contributed by atoms with Gasteiger partial charge in [-0.2, -0.15) is 4.68 Å². The Morgan fingerprint density at radius 1 is 1.23 bits per heavy atom. The minimum atomic E-state index is -0.0403. The summed E-state index contributed by atoms with van der Waals surface area (Å²) in [7, 11) is 0. The lowest BCUT2D eigenvalue weighted by molar-refractivity contribution is -0.129. The van der Waals surface area contributed by atoms with Crippen molar-refractivity contribution in [2.45, 2.75) is 32.0 Å². The van der Waals surface area contributed by atoms with Crippen LogP contribution in [0, 0.1) is 6.92 Å². The van der Waals surface area contributed by atoms with Crippen molar-refractivity contribution in [3.8, 4) is 16.5 Å². The summed E-state index contributed by atoms with van der Waals surface area (Å²) in [5.41, 5.74) is 1.97. The first-order valence-corrected chi connectivity index (χ1v) is 11.6. The summed E-state index contributed by atoms with van der Waals surface area (Å²) in [5.74, 6) is 1.06. The highest BCUT2D eigenvalue weighted by Crippen LogP contribution is 2.24. The van der Waals surface area contributed by atoms with E-state index in [1.54, 1.807) is 9.58 Å². The maximum Gasteiger partial charge on any atom is 0.257 e. The first-order chi connectivity index (χ1) is 15.1. The molecule has 0 aliphatic carbocycles. The summed E-state index contributed by atoms with van der Waals surface area (Å²) in [4.78, 5) is 15.5. The van der Waals surface area contributed by atoms with Crippen LogP contribution in [0.3, 0.4) is 0 Å². The highest BCUT2D eigenvalue weighted by Gasteiger charge is 2.19. The summed E-state index contributed by atoms with van der Waals surface area (Å²) in [5, 5.41) is 22.6. The number of carbonyl (C=O) groups excluding carboxylic acids is 1. The maximum absolute atomic E-state index is 12.9. The SMILES string of the molecule is CCCN(Cc1nnc(-c2cccs2)o1)C(=O)CSc1nnnn1-c1cccc(C)c1. The summed E-state index contributed by atoms with van der Waals surface area (Å²) >= 11 is 2.83. The van der Waals surface area contributed by atoms with Gasteiger partial charge in [0.25, 0.3) is 5.89 Å². The molecule has 0 bridgehead atoms. The highest BCUT2D eigenvalue weighted by molar-refractivity contribution is 7.99. The standard InChI is InChI=1S/C20H21N7O2S2/c1-3-9-26(12-17-21-22-19(29-17)16-8-5-10-30-16)18(28)13-31-20-23-24-25-27(20)15-7-4-6-14(2)11-15/h4-8,10-11H,3,9,12-13H2,1-2H3. The number of aryl methyl sites for hydroxylation is 1. The van der Waals surface area contributed by atoms with Gasteiger partial charge in [-0.15, -0.1) is 26.6 Å². The van der Waals surface area contributed by atoms with Gasteiger partial charge in [0, 0.05) is 6.54 Å². The molecule has 0 aliphatic heterocycles. The zero-order chi connectivity index (χ0) is 21.6. The first-order valence-electron chi connectivity index (χ1n) is 9.76. The number of tetrazole rings is 1. The molecule has 0 fully saturated rings. The number of benzene rings is 1. The van der Waals surface area contributed by atoms with Crippen LogP contribution in [0.25, 0.3) is 16.5 Å². The highest BCUT2D eigenvalue weighted by atomic mass is 32.2. The molecule has 0 N–H and O–H groups in total. The maximum atomic E-state index is 12.9. The van der Waals surface area contributed by atoms with E-state index in [9.17, 15) is 4.79 Å². The van der Waals surface area contributed by atoms with E-state index in [0.29, 0.717) is 23.5 Å². The van der Waals surface area contributed by atoms with Crippen LogP contribution < -0.4 is 0 Å². The van der Waals surface area contributed by atoms with Crippen molar-refractivity contribution in [2.75, 3.05) is 12.3 Å². The summed E-state index contributed by atoms with van der Waals surface area (Å²) in [6, 6.07) is 11.7. The van der Waals surface area contributed by atoms with Crippen LogP contribution >= 0.6 is 23.1 Å². The van der Waals surface area contributed by atoms with E-state index in [1.165, 1.54) is 23.1 Å². The van der Waals surface area contributed by atoms with E-state index < -0.39 is 0 Å². The molecule has 0 atom stereocenters. The van der Waals surface area contributed by atoms with Gasteiger partial charge in [0.1, 0.15) is 0 Å². The van der Waals surface area contributed by atoms with Gasteiger partial charge in [0.05, 0.1) is 22.9 Å². The Morgan fingerprint density at radius 2 is 2.13 bits per heavy atom. The number of thioether (sulfide) groups is 1. The second-order valence-electron chi connectivity index (χ2n) is 6.79. The Kier molecular flexibility index (Phi) is 6.73. The number of thiophene rings is 1. The molecule has 4 rings (SSSR count).